The minimum absolute atomic E-state index is 0.630. The fourth-order valence-corrected chi connectivity index (χ4v) is 0.949. The van der Waals surface area contributed by atoms with E-state index in [9.17, 15) is 22.4 Å². The van der Waals surface area contributed by atoms with Gasteiger partial charge in [0.25, 0.3) is 0 Å². The van der Waals surface area contributed by atoms with E-state index in [1.165, 1.54) is 0 Å². The third-order valence-corrected chi connectivity index (χ3v) is 1.56. The maximum absolute atomic E-state index is 13.0. The van der Waals surface area contributed by atoms with E-state index < -0.39 is 29.2 Å². The van der Waals surface area contributed by atoms with Crippen molar-refractivity contribution in [1.29, 1.82) is 0 Å². The molecular weight excluding hydrogens is 218 g/mol. The van der Waals surface area contributed by atoms with Crippen LogP contribution in [0.25, 0.3) is 0 Å². The summed E-state index contributed by atoms with van der Waals surface area (Å²) in [4.78, 5) is 13.8. The van der Waals surface area contributed by atoms with Crippen LogP contribution < -0.4 is 0 Å². The predicted molar refractivity (Wildman–Crippen MR) is 40.5 cm³/mol. The van der Waals surface area contributed by atoms with Gasteiger partial charge in [-0.1, -0.05) is 0 Å². The van der Waals surface area contributed by atoms with E-state index in [0.717, 1.165) is 7.11 Å². The Morgan fingerprint density at radius 1 is 1.47 bits per heavy atom. The third kappa shape index (κ3) is 2.23. The van der Waals surface area contributed by atoms with Gasteiger partial charge >= 0.3 is 12.1 Å². The molecule has 0 aliphatic carbocycles. The minimum Gasteiger partial charge on any atom is -0.465 e. The van der Waals surface area contributed by atoms with Gasteiger partial charge in [0.15, 0.2) is 5.69 Å². The first-order valence-electron chi connectivity index (χ1n) is 3.68. The molecule has 15 heavy (non-hydrogen) atoms. The van der Waals surface area contributed by atoms with Crippen molar-refractivity contribution in [1.82, 2.24) is 4.98 Å². The zero-order chi connectivity index (χ0) is 11.6. The highest BCUT2D eigenvalue weighted by Crippen LogP contribution is 2.31. The summed E-state index contributed by atoms with van der Waals surface area (Å²) in [6.45, 7) is 0. The number of rotatable bonds is 1. The molecule has 0 aliphatic heterocycles. The van der Waals surface area contributed by atoms with Crippen molar-refractivity contribution in [2.24, 2.45) is 0 Å². The highest BCUT2D eigenvalue weighted by Gasteiger charge is 2.39. The Labute approximate surface area is 81.7 Å². The van der Waals surface area contributed by atoms with Crippen LogP contribution in [0.2, 0.25) is 0 Å². The maximum atomic E-state index is 13.0. The molecule has 0 saturated heterocycles. The number of carbonyl (C=O) groups excluding carboxylic acids is 1. The van der Waals surface area contributed by atoms with Crippen LogP contribution >= 0.6 is 0 Å². The molecule has 1 aromatic rings. The van der Waals surface area contributed by atoms with E-state index >= 15 is 0 Å². The SMILES string of the molecule is COC(=O)c1c(F)ccnc1C(F)(F)F. The number of methoxy groups -OCH3 is 1. The van der Waals surface area contributed by atoms with Gasteiger partial charge in [0.2, 0.25) is 0 Å². The molecule has 3 nitrogen and oxygen atoms in total. The van der Waals surface area contributed by atoms with Gasteiger partial charge in [-0.25, -0.2) is 9.18 Å². The Bertz CT molecular complexity index is 389. The summed E-state index contributed by atoms with van der Waals surface area (Å²) in [5, 5.41) is 0. The Morgan fingerprint density at radius 3 is 2.53 bits per heavy atom. The Kier molecular flexibility index (Phi) is 2.92. The number of alkyl halides is 3. The first-order valence-corrected chi connectivity index (χ1v) is 3.68. The number of carbonyl (C=O) groups is 1. The van der Waals surface area contributed by atoms with Crippen LogP contribution in [0.1, 0.15) is 16.1 Å². The summed E-state index contributed by atoms with van der Waals surface area (Å²) in [6.07, 6.45) is -4.27. The molecule has 0 radical (unpaired) electrons. The van der Waals surface area contributed by atoms with Crippen molar-refractivity contribution in [3.05, 3.63) is 29.3 Å². The standard InChI is InChI=1S/C8H5F4NO2/c1-15-7(14)5-4(9)2-3-13-6(5)8(10,11)12/h2-3H,1H3. The average molecular weight is 223 g/mol. The summed E-state index contributed by atoms with van der Waals surface area (Å²) in [7, 11) is 0.856. The average Bonchev–Trinajstić information content (AvgIpc) is 2.15. The number of halogens is 4. The normalized spacial score (nSPS) is 11.3. The van der Waals surface area contributed by atoms with E-state index in [-0.39, 0.29) is 0 Å². The summed E-state index contributed by atoms with van der Waals surface area (Å²) in [6, 6.07) is 0.654. The van der Waals surface area contributed by atoms with E-state index in [0.29, 0.717) is 12.3 Å². The van der Waals surface area contributed by atoms with Gasteiger partial charge in [-0.3, -0.25) is 4.98 Å². The van der Waals surface area contributed by atoms with Crippen LogP contribution in [-0.2, 0) is 10.9 Å². The van der Waals surface area contributed by atoms with Crippen molar-refractivity contribution in [2.75, 3.05) is 7.11 Å². The number of ether oxygens (including phenoxy) is 1. The van der Waals surface area contributed by atoms with E-state index in [2.05, 4.69) is 9.72 Å². The summed E-state index contributed by atoms with van der Waals surface area (Å²) in [5.74, 6) is -2.72. The van der Waals surface area contributed by atoms with Gasteiger partial charge in [0, 0.05) is 6.20 Å². The molecule has 0 aromatic carbocycles. The van der Waals surface area contributed by atoms with Crippen molar-refractivity contribution < 1.29 is 27.1 Å². The van der Waals surface area contributed by atoms with Crippen LogP contribution in [0, 0.1) is 5.82 Å². The van der Waals surface area contributed by atoms with Gasteiger partial charge in [-0.15, -0.1) is 0 Å². The lowest BCUT2D eigenvalue weighted by atomic mass is 10.2. The lowest BCUT2D eigenvalue weighted by Gasteiger charge is -2.10. The molecule has 0 saturated carbocycles. The van der Waals surface area contributed by atoms with Gasteiger partial charge < -0.3 is 4.74 Å². The third-order valence-electron chi connectivity index (χ3n) is 1.56. The first kappa shape index (κ1) is 11.4. The number of nitrogens with zero attached hydrogens (tertiary/aromatic N) is 1. The summed E-state index contributed by atoms with van der Waals surface area (Å²) >= 11 is 0. The van der Waals surface area contributed by atoms with Crippen molar-refractivity contribution in [2.45, 2.75) is 6.18 Å². The molecule has 1 heterocycles. The molecule has 0 spiro atoms. The molecule has 7 heteroatoms. The Balaban J connectivity index is 3.40. The minimum atomic E-state index is -4.90. The molecule has 0 fully saturated rings. The summed E-state index contributed by atoms with van der Waals surface area (Å²) in [5.41, 5.74) is -2.79. The molecule has 0 N–H and O–H groups in total. The number of pyridine rings is 1. The van der Waals surface area contributed by atoms with Crippen molar-refractivity contribution >= 4 is 5.97 Å². The monoisotopic (exact) mass is 223 g/mol. The molecule has 1 rings (SSSR count). The number of hydrogen-bond acceptors (Lipinski definition) is 3. The van der Waals surface area contributed by atoms with Crippen LogP contribution in [-0.4, -0.2) is 18.1 Å². The second-order valence-electron chi connectivity index (χ2n) is 2.51. The second-order valence-corrected chi connectivity index (χ2v) is 2.51. The topological polar surface area (TPSA) is 39.2 Å². The van der Waals surface area contributed by atoms with Crippen molar-refractivity contribution in [3.8, 4) is 0 Å². The Morgan fingerprint density at radius 2 is 2.07 bits per heavy atom. The van der Waals surface area contributed by atoms with Crippen LogP contribution in [0.15, 0.2) is 12.3 Å². The van der Waals surface area contributed by atoms with Gasteiger partial charge in [0.1, 0.15) is 11.4 Å². The number of esters is 1. The van der Waals surface area contributed by atoms with Gasteiger partial charge in [0.05, 0.1) is 7.11 Å². The largest absolute Gasteiger partial charge is 0.465 e. The molecule has 0 bridgehead atoms. The second kappa shape index (κ2) is 3.84. The zero-order valence-corrected chi connectivity index (χ0v) is 7.43. The van der Waals surface area contributed by atoms with Crippen LogP contribution in [0.3, 0.4) is 0 Å². The number of hydrogen-bond donors (Lipinski definition) is 0. The number of aromatic nitrogens is 1. The molecule has 0 amide bonds. The first-order chi connectivity index (χ1) is 6.88. The molecule has 0 unspecified atom stereocenters. The smallest absolute Gasteiger partial charge is 0.434 e. The zero-order valence-electron chi connectivity index (χ0n) is 7.43. The molecular formula is C8H5F4NO2. The molecule has 82 valence electrons. The van der Waals surface area contributed by atoms with Crippen molar-refractivity contribution in [3.63, 3.8) is 0 Å². The predicted octanol–water partition coefficient (Wildman–Crippen LogP) is 2.03. The lowest BCUT2D eigenvalue weighted by Crippen LogP contribution is -2.18. The molecule has 0 aliphatic rings. The Hall–Kier alpha value is -1.66. The van der Waals surface area contributed by atoms with E-state index in [4.69, 9.17) is 0 Å². The van der Waals surface area contributed by atoms with Crippen LogP contribution in [0.4, 0.5) is 17.6 Å². The fourth-order valence-electron chi connectivity index (χ4n) is 0.949. The molecule has 0 atom stereocenters. The summed E-state index contributed by atoms with van der Waals surface area (Å²) < 4.78 is 53.9. The highest BCUT2D eigenvalue weighted by molar-refractivity contribution is 5.90. The maximum Gasteiger partial charge on any atom is 0.434 e. The van der Waals surface area contributed by atoms with Crippen LogP contribution in [0.5, 0.6) is 0 Å². The molecule has 1 aromatic heterocycles. The van der Waals surface area contributed by atoms with Gasteiger partial charge in [-0.2, -0.15) is 13.2 Å². The quantitative estimate of drug-likeness (QED) is 0.540. The van der Waals surface area contributed by atoms with E-state index in [1.54, 1.807) is 0 Å². The lowest BCUT2D eigenvalue weighted by molar-refractivity contribution is -0.141. The highest BCUT2D eigenvalue weighted by atomic mass is 19.4. The fraction of sp³-hybridized carbons (Fsp3) is 0.250. The van der Waals surface area contributed by atoms with Gasteiger partial charge in [-0.05, 0) is 6.07 Å². The van der Waals surface area contributed by atoms with E-state index in [1.807, 2.05) is 0 Å².